The SMILES string of the molecule is COc1cc(C(=O)N2CC[C@](CCN3CCC(NC(=O)N4CCC[C@H]4C(=O)O)(c4ccccc4)CC3)(c3ccc(Cl)c(Cl)c3)C2)cc(OC)c1OC. The van der Waals surface area contributed by atoms with E-state index in [-0.39, 0.29) is 17.4 Å². The molecule has 52 heavy (non-hydrogen) atoms. The monoisotopic (exact) mass is 752 g/mol. The number of benzene rings is 3. The number of likely N-dealkylation sites (tertiary alicyclic amines) is 3. The summed E-state index contributed by atoms with van der Waals surface area (Å²) in [4.78, 5) is 45.2. The normalized spacial score (nSPS) is 21.5. The Balaban J connectivity index is 1.20. The molecule has 2 N–H and O–H groups in total. The summed E-state index contributed by atoms with van der Waals surface area (Å²) >= 11 is 12.9. The van der Waals surface area contributed by atoms with E-state index in [4.69, 9.17) is 37.4 Å². The Labute approximate surface area is 314 Å². The molecule has 0 radical (unpaired) electrons. The smallest absolute Gasteiger partial charge is 0.326 e. The molecule has 3 aromatic rings. The van der Waals surface area contributed by atoms with Gasteiger partial charge < -0.3 is 39.3 Å². The number of hydrogen-bond acceptors (Lipinski definition) is 7. The second-order valence-corrected chi connectivity index (χ2v) is 14.8. The number of nitrogens with one attached hydrogen (secondary N) is 1. The molecule has 0 aromatic heterocycles. The Hall–Kier alpha value is -4.19. The molecule has 3 heterocycles. The Bertz CT molecular complexity index is 1760. The van der Waals surface area contributed by atoms with Gasteiger partial charge in [0.1, 0.15) is 6.04 Å². The van der Waals surface area contributed by atoms with Crippen molar-refractivity contribution in [3.63, 3.8) is 0 Å². The van der Waals surface area contributed by atoms with E-state index in [1.165, 1.54) is 26.2 Å². The van der Waals surface area contributed by atoms with E-state index in [1.807, 2.05) is 53.4 Å². The van der Waals surface area contributed by atoms with Crippen molar-refractivity contribution in [2.24, 2.45) is 0 Å². The predicted molar refractivity (Wildman–Crippen MR) is 199 cm³/mol. The third-order valence-electron chi connectivity index (χ3n) is 11.2. The van der Waals surface area contributed by atoms with E-state index in [0.29, 0.717) is 78.2 Å². The van der Waals surface area contributed by atoms with Gasteiger partial charge in [0.15, 0.2) is 11.5 Å². The quantitative estimate of drug-likeness (QED) is 0.230. The maximum atomic E-state index is 14.0. The summed E-state index contributed by atoms with van der Waals surface area (Å²) in [7, 11) is 4.58. The van der Waals surface area contributed by atoms with Crippen LogP contribution in [-0.2, 0) is 15.7 Å². The third kappa shape index (κ3) is 7.49. The Morgan fingerprint density at radius 3 is 2.15 bits per heavy atom. The number of methoxy groups -OCH3 is 3. The van der Waals surface area contributed by atoms with Crippen molar-refractivity contribution in [1.82, 2.24) is 20.0 Å². The molecule has 2 atom stereocenters. The van der Waals surface area contributed by atoms with Crippen LogP contribution in [0, 0.1) is 0 Å². The van der Waals surface area contributed by atoms with Gasteiger partial charge in [0.05, 0.1) is 36.9 Å². The Morgan fingerprint density at radius 1 is 0.846 bits per heavy atom. The third-order valence-corrected chi connectivity index (χ3v) is 11.9. The summed E-state index contributed by atoms with van der Waals surface area (Å²) in [6.07, 6.45) is 3.96. The van der Waals surface area contributed by atoms with Gasteiger partial charge in [0, 0.05) is 43.7 Å². The molecular formula is C39H46Cl2N4O7. The highest BCUT2D eigenvalue weighted by Gasteiger charge is 2.44. The largest absolute Gasteiger partial charge is 0.493 e. The minimum absolute atomic E-state index is 0.134. The first-order valence-electron chi connectivity index (χ1n) is 17.7. The highest BCUT2D eigenvalue weighted by molar-refractivity contribution is 6.42. The molecule has 0 unspecified atom stereocenters. The minimum atomic E-state index is -0.970. The number of carbonyl (C=O) groups excluding carboxylic acids is 2. The zero-order chi connectivity index (χ0) is 37.0. The number of carbonyl (C=O) groups is 3. The van der Waals surface area contributed by atoms with Crippen molar-refractivity contribution >= 4 is 41.1 Å². The molecule has 0 bridgehead atoms. The van der Waals surface area contributed by atoms with E-state index in [0.717, 1.165) is 43.6 Å². The lowest BCUT2D eigenvalue weighted by molar-refractivity contribution is -0.141. The summed E-state index contributed by atoms with van der Waals surface area (Å²) in [6.45, 7) is 3.67. The van der Waals surface area contributed by atoms with Crippen LogP contribution < -0.4 is 19.5 Å². The lowest BCUT2D eigenvalue weighted by Crippen LogP contribution is -2.57. The summed E-state index contributed by atoms with van der Waals surface area (Å²) in [5, 5.41) is 14.0. The van der Waals surface area contributed by atoms with Gasteiger partial charge in [-0.15, -0.1) is 0 Å². The molecule has 13 heteroatoms. The first-order chi connectivity index (χ1) is 25.0. The number of aliphatic carboxylic acids is 1. The zero-order valence-corrected chi connectivity index (χ0v) is 31.3. The number of carboxylic acid groups (broad SMARTS) is 1. The van der Waals surface area contributed by atoms with E-state index >= 15 is 0 Å². The standard InChI is InChI=1S/C39H46Cl2N4O7/c1-50-32-22-26(23-33(51-2)34(32)52-3)35(46)44-21-14-38(25-44,28-11-12-29(40)30(41)24-28)13-18-43-19-15-39(16-20-43,27-8-5-4-6-9-27)42-37(49)45-17-7-10-31(45)36(47)48/h4-6,8-9,11-12,22-24,31H,7,10,13-21,25H2,1-3H3,(H,42,49)(H,47,48)/t31-,38-/m0/s1. The van der Waals surface area contributed by atoms with Crippen LogP contribution >= 0.6 is 23.2 Å². The van der Waals surface area contributed by atoms with Gasteiger partial charge in [-0.3, -0.25) is 4.79 Å². The molecule has 3 aromatic carbocycles. The average molecular weight is 754 g/mol. The highest BCUT2D eigenvalue weighted by atomic mass is 35.5. The number of halogens is 2. The number of urea groups is 1. The molecule has 6 rings (SSSR count). The summed E-state index contributed by atoms with van der Waals surface area (Å²) in [5.41, 5.74) is 1.48. The maximum absolute atomic E-state index is 14.0. The second kappa shape index (κ2) is 15.8. The fourth-order valence-corrected chi connectivity index (χ4v) is 8.46. The van der Waals surface area contributed by atoms with Crippen molar-refractivity contribution in [2.75, 3.05) is 60.6 Å². The van der Waals surface area contributed by atoms with Crippen LogP contribution in [0.1, 0.15) is 60.0 Å². The highest BCUT2D eigenvalue weighted by Crippen LogP contribution is 2.43. The molecule has 0 saturated carbocycles. The van der Waals surface area contributed by atoms with Crippen molar-refractivity contribution in [3.8, 4) is 17.2 Å². The van der Waals surface area contributed by atoms with E-state index in [9.17, 15) is 19.5 Å². The Morgan fingerprint density at radius 2 is 1.54 bits per heavy atom. The molecule has 278 valence electrons. The number of ether oxygens (including phenoxy) is 3. The fraction of sp³-hybridized carbons (Fsp3) is 0.462. The number of piperidine rings is 1. The van der Waals surface area contributed by atoms with Gasteiger partial charge in [-0.25, -0.2) is 9.59 Å². The molecular weight excluding hydrogens is 707 g/mol. The van der Waals surface area contributed by atoms with Crippen LogP contribution in [0.2, 0.25) is 10.0 Å². The molecule has 3 aliphatic rings. The minimum Gasteiger partial charge on any atom is -0.493 e. The van der Waals surface area contributed by atoms with Crippen LogP contribution in [0.5, 0.6) is 17.2 Å². The van der Waals surface area contributed by atoms with E-state index < -0.39 is 17.6 Å². The van der Waals surface area contributed by atoms with Gasteiger partial charge in [-0.2, -0.15) is 0 Å². The van der Waals surface area contributed by atoms with Crippen LogP contribution in [0.25, 0.3) is 0 Å². The predicted octanol–water partition coefficient (Wildman–Crippen LogP) is 6.44. The van der Waals surface area contributed by atoms with Crippen LogP contribution in [0.4, 0.5) is 4.79 Å². The van der Waals surface area contributed by atoms with Crippen molar-refractivity contribution in [2.45, 2.75) is 55.5 Å². The number of hydrogen-bond donors (Lipinski definition) is 2. The summed E-state index contributed by atoms with van der Waals surface area (Å²) < 4.78 is 16.5. The molecule has 11 nitrogen and oxygen atoms in total. The number of amides is 3. The van der Waals surface area contributed by atoms with Gasteiger partial charge in [-0.05, 0) is 80.5 Å². The maximum Gasteiger partial charge on any atom is 0.326 e. The van der Waals surface area contributed by atoms with Crippen LogP contribution in [-0.4, -0.2) is 104 Å². The summed E-state index contributed by atoms with van der Waals surface area (Å²) in [5.74, 6) is 0.143. The number of nitrogens with zero attached hydrogens (tertiary/aromatic N) is 3. The fourth-order valence-electron chi connectivity index (χ4n) is 8.16. The molecule has 3 fully saturated rings. The van der Waals surface area contributed by atoms with Crippen molar-refractivity contribution in [3.05, 3.63) is 87.4 Å². The van der Waals surface area contributed by atoms with Crippen LogP contribution in [0.15, 0.2) is 60.7 Å². The first-order valence-corrected chi connectivity index (χ1v) is 18.4. The zero-order valence-electron chi connectivity index (χ0n) is 29.8. The van der Waals surface area contributed by atoms with Gasteiger partial charge in [0.2, 0.25) is 5.75 Å². The second-order valence-electron chi connectivity index (χ2n) is 14.0. The molecule has 3 aliphatic heterocycles. The van der Waals surface area contributed by atoms with Gasteiger partial charge >= 0.3 is 12.0 Å². The van der Waals surface area contributed by atoms with Gasteiger partial charge in [0.25, 0.3) is 5.91 Å². The van der Waals surface area contributed by atoms with Crippen molar-refractivity contribution < 1.29 is 33.7 Å². The number of carboxylic acids is 1. The van der Waals surface area contributed by atoms with Crippen LogP contribution in [0.3, 0.4) is 0 Å². The van der Waals surface area contributed by atoms with E-state index in [2.05, 4.69) is 10.2 Å². The molecule has 0 spiro atoms. The summed E-state index contributed by atoms with van der Waals surface area (Å²) in [6, 6.07) is 17.9. The topological polar surface area (TPSA) is 121 Å². The van der Waals surface area contributed by atoms with Gasteiger partial charge in [-0.1, -0.05) is 59.6 Å². The average Bonchev–Trinajstić information content (AvgIpc) is 3.84. The molecule has 3 saturated heterocycles. The first kappa shape index (κ1) is 37.6. The molecule has 0 aliphatic carbocycles. The number of rotatable bonds is 11. The van der Waals surface area contributed by atoms with E-state index in [1.54, 1.807) is 12.1 Å². The lowest BCUT2D eigenvalue weighted by Gasteiger charge is -2.44. The molecule has 3 amide bonds. The van der Waals surface area contributed by atoms with Crippen molar-refractivity contribution in [1.29, 1.82) is 0 Å². The lowest BCUT2D eigenvalue weighted by atomic mass is 9.76. The Kier molecular flexibility index (Phi) is 11.4.